The molecule has 0 saturated carbocycles. The van der Waals surface area contributed by atoms with Crippen LogP contribution in [0.3, 0.4) is 0 Å². The average Bonchev–Trinajstić information content (AvgIpc) is 2.63. The second-order valence-electron chi connectivity index (χ2n) is 3.52. The predicted octanol–water partition coefficient (Wildman–Crippen LogP) is 2.06. The van der Waals surface area contributed by atoms with E-state index in [0.717, 1.165) is 0 Å². The van der Waals surface area contributed by atoms with E-state index in [1.165, 1.54) is 0 Å². The Morgan fingerprint density at radius 3 is 2.53 bits per heavy atom. The number of anilines is 1. The summed E-state index contributed by atoms with van der Waals surface area (Å²) in [5.74, 6) is 0. The van der Waals surface area contributed by atoms with Gasteiger partial charge in [-0.3, -0.25) is 0 Å². The van der Waals surface area contributed by atoms with E-state index in [2.05, 4.69) is 10.2 Å². The van der Waals surface area contributed by atoms with E-state index in [4.69, 9.17) is 18.0 Å². The molecule has 1 aromatic heterocycles. The number of halogens is 3. The van der Waals surface area contributed by atoms with Gasteiger partial charge in [0, 0.05) is 19.5 Å². The summed E-state index contributed by atoms with van der Waals surface area (Å²) in [5, 5.41) is 5.85. The highest BCUT2D eigenvalue weighted by Gasteiger charge is 2.36. The molecular weight excluding hydrogens is 273 g/mol. The molecule has 1 atom stereocenters. The van der Waals surface area contributed by atoms with Crippen molar-refractivity contribution in [3.63, 3.8) is 0 Å². The number of rotatable bonds is 4. The van der Waals surface area contributed by atoms with Crippen LogP contribution in [-0.4, -0.2) is 28.3 Å². The first-order chi connectivity index (χ1) is 7.71. The monoisotopic (exact) mass is 284 g/mol. The van der Waals surface area contributed by atoms with Crippen LogP contribution < -0.4 is 10.6 Å². The van der Waals surface area contributed by atoms with Crippen molar-refractivity contribution in [3.05, 3.63) is 5.01 Å². The van der Waals surface area contributed by atoms with Crippen molar-refractivity contribution in [2.45, 2.75) is 25.6 Å². The lowest BCUT2D eigenvalue weighted by Gasteiger charge is -2.23. The topological polar surface area (TPSA) is 55.0 Å². The maximum Gasteiger partial charge on any atom is 0.445 e. The lowest BCUT2D eigenvalue weighted by molar-refractivity contribution is -0.138. The zero-order valence-corrected chi connectivity index (χ0v) is 10.8. The van der Waals surface area contributed by atoms with Crippen LogP contribution in [0.2, 0.25) is 0 Å². The molecular formula is C8H11F3N4S2. The van der Waals surface area contributed by atoms with E-state index in [-0.39, 0.29) is 11.2 Å². The Morgan fingerprint density at radius 2 is 2.12 bits per heavy atom. The van der Waals surface area contributed by atoms with Crippen LogP contribution in [-0.2, 0) is 6.18 Å². The first-order valence-corrected chi connectivity index (χ1v) is 5.86. The van der Waals surface area contributed by atoms with Crippen LogP contribution in [0.25, 0.3) is 0 Å². The van der Waals surface area contributed by atoms with Gasteiger partial charge in [-0.25, -0.2) is 0 Å². The Hall–Kier alpha value is -0.960. The zero-order chi connectivity index (χ0) is 13.2. The molecule has 0 spiro atoms. The fourth-order valence-corrected chi connectivity index (χ4v) is 2.11. The summed E-state index contributed by atoms with van der Waals surface area (Å²) in [7, 11) is 1.63. The van der Waals surface area contributed by atoms with Crippen molar-refractivity contribution in [1.29, 1.82) is 0 Å². The third kappa shape index (κ3) is 3.77. The van der Waals surface area contributed by atoms with Gasteiger partial charge < -0.3 is 10.6 Å². The molecule has 2 N–H and O–H groups in total. The molecule has 0 aliphatic heterocycles. The second kappa shape index (κ2) is 5.13. The number of hydrogen-bond acceptors (Lipinski definition) is 5. The lowest BCUT2D eigenvalue weighted by atomic mass is 10.2. The summed E-state index contributed by atoms with van der Waals surface area (Å²) in [6, 6.07) is -0.124. The minimum Gasteiger partial charge on any atom is -0.393 e. The Balaban J connectivity index is 2.79. The van der Waals surface area contributed by atoms with E-state index < -0.39 is 11.2 Å². The molecule has 0 fully saturated rings. The van der Waals surface area contributed by atoms with Crippen molar-refractivity contribution < 1.29 is 13.2 Å². The van der Waals surface area contributed by atoms with Gasteiger partial charge in [0.05, 0.1) is 4.99 Å². The molecule has 0 amide bonds. The lowest BCUT2D eigenvalue weighted by Crippen LogP contribution is -2.32. The largest absolute Gasteiger partial charge is 0.445 e. The van der Waals surface area contributed by atoms with Crippen LogP contribution in [0, 0.1) is 0 Å². The van der Waals surface area contributed by atoms with E-state index in [9.17, 15) is 13.2 Å². The van der Waals surface area contributed by atoms with Crippen molar-refractivity contribution in [2.24, 2.45) is 5.73 Å². The van der Waals surface area contributed by atoms with Gasteiger partial charge in [-0.1, -0.05) is 23.6 Å². The molecule has 4 nitrogen and oxygen atoms in total. The molecule has 0 aliphatic rings. The highest BCUT2D eigenvalue weighted by Crippen LogP contribution is 2.34. The Labute approximate surface area is 106 Å². The number of aromatic nitrogens is 2. The highest BCUT2D eigenvalue weighted by atomic mass is 32.1. The predicted molar refractivity (Wildman–Crippen MR) is 64.2 cm³/mol. The van der Waals surface area contributed by atoms with Gasteiger partial charge in [-0.2, -0.15) is 13.2 Å². The summed E-state index contributed by atoms with van der Waals surface area (Å²) >= 11 is 5.24. The molecule has 0 aliphatic carbocycles. The molecule has 0 bridgehead atoms. The molecule has 0 aromatic carbocycles. The Morgan fingerprint density at radius 1 is 1.53 bits per heavy atom. The summed E-state index contributed by atoms with van der Waals surface area (Å²) in [5.41, 5.74) is 5.38. The normalized spacial score (nSPS) is 13.5. The summed E-state index contributed by atoms with van der Waals surface area (Å²) in [6.45, 7) is 1.80. The first kappa shape index (κ1) is 14.1. The van der Waals surface area contributed by atoms with Crippen LogP contribution in [0.5, 0.6) is 0 Å². The average molecular weight is 284 g/mol. The first-order valence-electron chi connectivity index (χ1n) is 4.63. The third-order valence-electron chi connectivity index (χ3n) is 2.12. The van der Waals surface area contributed by atoms with Crippen LogP contribution in [0.1, 0.15) is 18.4 Å². The molecule has 17 heavy (non-hydrogen) atoms. The second-order valence-corrected chi connectivity index (χ2v) is 5.00. The molecule has 0 saturated heterocycles. The number of hydrogen-bond donors (Lipinski definition) is 1. The fourth-order valence-electron chi connectivity index (χ4n) is 1.09. The van der Waals surface area contributed by atoms with Gasteiger partial charge in [0.2, 0.25) is 10.1 Å². The van der Waals surface area contributed by atoms with Gasteiger partial charge >= 0.3 is 6.18 Å². The minimum atomic E-state index is -4.46. The van der Waals surface area contributed by atoms with Crippen molar-refractivity contribution >= 4 is 33.7 Å². The molecule has 1 rings (SSSR count). The molecule has 1 heterocycles. The van der Waals surface area contributed by atoms with Crippen molar-refractivity contribution in [2.75, 3.05) is 11.9 Å². The summed E-state index contributed by atoms with van der Waals surface area (Å²) < 4.78 is 37.0. The molecule has 96 valence electrons. The van der Waals surface area contributed by atoms with E-state index in [1.54, 1.807) is 18.9 Å². The van der Waals surface area contributed by atoms with E-state index in [1.807, 2.05) is 0 Å². The maximum atomic E-state index is 12.3. The van der Waals surface area contributed by atoms with Crippen LogP contribution in [0.4, 0.5) is 18.3 Å². The van der Waals surface area contributed by atoms with Crippen LogP contribution in [0.15, 0.2) is 0 Å². The van der Waals surface area contributed by atoms with Gasteiger partial charge in [-0.15, -0.1) is 10.2 Å². The third-order valence-corrected chi connectivity index (χ3v) is 3.34. The van der Waals surface area contributed by atoms with Gasteiger partial charge in [-0.05, 0) is 6.92 Å². The zero-order valence-electron chi connectivity index (χ0n) is 9.15. The smallest absolute Gasteiger partial charge is 0.393 e. The van der Waals surface area contributed by atoms with E-state index in [0.29, 0.717) is 22.7 Å². The van der Waals surface area contributed by atoms with Crippen molar-refractivity contribution in [3.8, 4) is 0 Å². The minimum absolute atomic E-state index is 0.124. The van der Waals surface area contributed by atoms with Crippen LogP contribution >= 0.6 is 23.6 Å². The molecule has 1 aromatic rings. The molecule has 1 unspecified atom stereocenters. The number of alkyl halides is 3. The standard InChI is InChI=1S/C8H11F3N4S2/c1-4(3-5(12)16)15(2)7-14-13-6(17-7)8(9,10)11/h4H,3H2,1-2H3,(H2,12,16). The fraction of sp³-hybridized carbons (Fsp3) is 0.625. The van der Waals surface area contributed by atoms with Gasteiger partial charge in [0.1, 0.15) is 0 Å². The summed E-state index contributed by atoms with van der Waals surface area (Å²) in [6.07, 6.45) is -4.05. The number of nitrogens with two attached hydrogens (primary N) is 1. The van der Waals surface area contributed by atoms with Gasteiger partial charge in [0.25, 0.3) is 0 Å². The van der Waals surface area contributed by atoms with Gasteiger partial charge in [0.15, 0.2) is 0 Å². The Kier molecular flexibility index (Phi) is 4.26. The maximum absolute atomic E-state index is 12.3. The number of thiocarbonyl (C=S) groups is 1. The molecule has 9 heteroatoms. The highest BCUT2D eigenvalue weighted by molar-refractivity contribution is 7.80. The number of nitrogens with zero attached hydrogens (tertiary/aromatic N) is 3. The van der Waals surface area contributed by atoms with E-state index >= 15 is 0 Å². The Bertz CT molecular complexity index is 404. The SMILES string of the molecule is CC(CC(N)=S)N(C)c1nnc(C(F)(F)F)s1. The van der Waals surface area contributed by atoms with Crippen molar-refractivity contribution in [1.82, 2.24) is 10.2 Å². The molecule has 0 radical (unpaired) electrons. The summed E-state index contributed by atoms with van der Waals surface area (Å²) in [4.78, 5) is 1.89. The quantitative estimate of drug-likeness (QED) is 0.858.